The van der Waals surface area contributed by atoms with Crippen molar-refractivity contribution >= 4 is 0 Å². The third kappa shape index (κ3) is 3.99. The van der Waals surface area contributed by atoms with Gasteiger partial charge in [-0.1, -0.05) is 6.42 Å². The number of hydrogen-bond acceptors (Lipinski definition) is 2. The number of nitrogens with zero attached hydrogens (tertiary/aromatic N) is 1. The summed E-state index contributed by atoms with van der Waals surface area (Å²) in [5.74, 6) is 0. The van der Waals surface area contributed by atoms with E-state index in [-0.39, 0.29) is 0 Å². The smallest absolute Gasteiger partial charge is 0.0357 e. The molecule has 0 saturated carbocycles. The van der Waals surface area contributed by atoms with Crippen LogP contribution in [0.3, 0.4) is 0 Å². The van der Waals surface area contributed by atoms with E-state index in [9.17, 15) is 0 Å². The Hall–Kier alpha value is -0.800. The van der Waals surface area contributed by atoms with Crippen molar-refractivity contribution in [2.24, 2.45) is 0 Å². The lowest BCUT2D eigenvalue weighted by Gasteiger charge is -2.26. The zero-order chi connectivity index (χ0) is 11.1. The summed E-state index contributed by atoms with van der Waals surface area (Å²) in [5, 5.41) is 3.47. The van der Waals surface area contributed by atoms with Crippen LogP contribution in [-0.4, -0.2) is 36.1 Å². The van der Waals surface area contributed by atoms with Crippen LogP contribution in [0.5, 0.6) is 0 Å². The van der Waals surface area contributed by atoms with E-state index in [0.29, 0.717) is 0 Å². The van der Waals surface area contributed by atoms with Gasteiger partial charge < -0.3 is 15.2 Å². The van der Waals surface area contributed by atoms with E-state index in [1.807, 2.05) is 12.3 Å². The largest absolute Gasteiger partial charge is 0.364 e. The lowest BCUT2D eigenvalue weighted by molar-refractivity contribution is 0.225. The molecule has 1 aliphatic heterocycles. The van der Waals surface area contributed by atoms with Gasteiger partial charge in [0.2, 0.25) is 0 Å². The topological polar surface area (TPSA) is 31.1 Å². The molecule has 0 spiro atoms. The Balaban J connectivity index is 1.48. The summed E-state index contributed by atoms with van der Waals surface area (Å²) >= 11 is 0. The first-order valence-electron chi connectivity index (χ1n) is 6.50. The first-order chi connectivity index (χ1) is 7.95. The van der Waals surface area contributed by atoms with Gasteiger partial charge in [-0.3, -0.25) is 0 Å². The van der Waals surface area contributed by atoms with E-state index in [1.54, 1.807) is 0 Å². The summed E-state index contributed by atoms with van der Waals surface area (Å²) < 4.78 is 0. The summed E-state index contributed by atoms with van der Waals surface area (Å²) in [4.78, 5) is 5.80. The molecule has 1 aliphatic rings. The predicted molar refractivity (Wildman–Crippen MR) is 67.4 cm³/mol. The highest BCUT2D eigenvalue weighted by atomic mass is 15.1. The van der Waals surface area contributed by atoms with Crippen LogP contribution in [0.4, 0.5) is 0 Å². The minimum atomic E-state index is 0.965. The molecule has 2 rings (SSSR count). The normalized spacial score (nSPS) is 17.8. The predicted octanol–water partition coefficient (Wildman–Crippen LogP) is 1.98. The molecule has 1 aromatic rings. The Morgan fingerprint density at radius 2 is 2.12 bits per heavy atom. The van der Waals surface area contributed by atoms with Crippen molar-refractivity contribution in [2.45, 2.75) is 32.2 Å². The van der Waals surface area contributed by atoms with Gasteiger partial charge in [0.05, 0.1) is 0 Å². The number of piperidine rings is 1. The summed E-state index contributed by atoms with van der Waals surface area (Å²) in [6.45, 7) is 5.98. The van der Waals surface area contributed by atoms with Crippen LogP contribution in [0.15, 0.2) is 18.3 Å². The minimum absolute atomic E-state index is 0.965. The molecule has 0 amide bonds. The zero-order valence-corrected chi connectivity index (χ0v) is 10.0. The van der Waals surface area contributed by atoms with Crippen molar-refractivity contribution in [3.8, 4) is 0 Å². The Morgan fingerprint density at radius 1 is 1.25 bits per heavy atom. The molecule has 3 heteroatoms. The lowest BCUT2D eigenvalue weighted by Crippen LogP contribution is -2.32. The lowest BCUT2D eigenvalue weighted by atomic mass is 10.1. The second-order valence-electron chi connectivity index (χ2n) is 4.63. The molecule has 0 atom stereocenters. The molecule has 90 valence electrons. The van der Waals surface area contributed by atoms with E-state index in [1.165, 1.54) is 51.0 Å². The Kier molecular flexibility index (Phi) is 4.90. The Morgan fingerprint density at radius 3 is 2.88 bits per heavy atom. The maximum atomic E-state index is 3.47. The molecule has 1 saturated heterocycles. The Bertz CT molecular complexity index is 263. The van der Waals surface area contributed by atoms with Crippen molar-refractivity contribution < 1.29 is 0 Å². The number of aromatic amines is 1. The first-order valence-corrected chi connectivity index (χ1v) is 6.50. The van der Waals surface area contributed by atoms with Gasteiger partial charge >= 0.3 is 0 Å². The summed E-state index contributed by atoms with van der Waals surface area (Å²) in [7, 11) is 0. The number of nitrogens with one attached hydrogen (secondary N) is 2. The van der Waals surface area contributed by atoms with Gasteiger partial charge in [-0.15, -0.1) is 0 Å². The van der Waals surface area contributed by atoms with Crippen molar-refractivity contribution in [2.75, 3.05) is 26.2 Å². The van der Waals surface area contributed by atoms with Crippen molar-refractivity contribution in [3.63, 3.8) is 0 Å². The van der Waals surface area contributed by atoms with Crippen LogP contribution in [0.25, 0.3) is 0 Å². The molecule has 2 N–H and O–H groups in total. The molecule has 0 aromatic carbocycles. The fraction of sp³-hybridized carbons (Fsp3) is 0.692. The van der Waals surface area contributed by atoms with Gasteiger partial charge in [0.25, 0.3) is 0 Å². The number of likely N-dealkylation sites (tertiary alicyclic amines) is 1. The average Bonchev–Trinajstić information content (AvgIpc) is 2.83. The second kappa shape index (κ2) is 6.71. The Labute approximate surface area is 98.2 Å². The molecule has 0 radical (unpaired) electrons. The van der Waals surface area contributed by atoms with E-state index >= 15 is 0 Å². The van der Waals surface area contributed by atoms with Crippen molar-refractivity contribution in [1.29, 1.82) is 0 Å². The van der Waals surface area contributed by atoms with Gasteiger partial charge in [-0.25, -0.2) is 0 Å². The van der Waals surface area contributed by atoms with Crippen LogP contribution in [0.2, 0.25) is 0 Å². The molecular weight excluding hydrogens is 198 g/mol. The monoisotopic (exact) mass is 221 g/mol. The van der Waals surface area contributed by atoms with Crippen LogP contribution in [0.1, 0.15) is 31.4 Å². The van der Waals surface area contributed by atoms with Crippen LogP contribution in [0, 0.1) is 0 Å². The highest BCUT2D eigenvalue weighted by molar-refractivity contribution is 5.02. The van der Waals surface area contributed by atoms with E-state index in [4.69, 9.17) is 0 Å². The third-order valence-corrected chi connectivity index (χ3v) is 3.25. The average molecular weight is 221 g/mol. The van der Waals surface area contributed by atoms with Crippen molar-refractivity contribution in [1.82, 2.24) is 15.2 Å². The highest BCUT2D eigenvalue weighted by Crippen LogP contribution is 2.08. The highest BCUT2D eigenvalue weighted by Gasteiger charge is 2.08. The molecule has 1 fully saturated rings. The molecule has 16 heavy (non-hydrogen) atoms. The number of aromatic nitrogens is 1. The molecule has 0 bridgehead atoms. The van der Waals surface area contributed by atoms with Gasteiger partial charge in [0.1, 0.15) is 0 Å². The van der Waals surface area contributed by atoms with Gasteiger partial charge in [0, 0.05) is 18.4 Å². The van der Waals surface area contributed by atoms with Gasteiger partial charge in [0.15, 0.2) is 0 Å². The maximum Gasteiger partial charge on any atom is 0.0357 e. The van der Waals surface area contributed by atoms with Crippen LogP contribution >= 0.6 is 0 Å². The zero-order valence-electron chi connectivity index (χ0n) is 10.0. The molecule has 3 nitrogen and oxygen atoms in total. The summed E-state index contributed by atoms with van der Waals surface area (Å²) in [6, 6.07) is 4.17. The number of H-pyrrole nitrogens is 1. The maximum absolute atomic E-state index is 3.47. The van der Waals surface area contributed by atoms with E-state index in [0.717, 1.165) is 13.1 Å². The minimum Gasteiger partial charge on any atom is -0.364 e. The SMILES string of the molecule is c1c[nH]c(CNCCCN2CCCCC2)c1. The van der Waals surface area contributed by atoms with Crippen LogP contribution < -0.4 is 5.32 Å². The van der Waals surface area contributed by atoms with E-state index < -0.39 is 0 Å². The third-order valence-electron chi connectivity index (χ3n) is 3.25. The molecule has 0 unspecified atom stereocenters. The standard InChI is InChI=1S/C13H23N3/c1-2-9-16(10-3-1)11-5-7-14-12-13-6-4-8-15-13/h4,6,8,14-15H,1-3,5,7,9-12H2. The first kappa shape index (κ1) is 11.7. The summed E-state index contributed by atoms with van der Waals surface area (Å²) in [5.41, 5.74) is 1.28. The van der Waals surface area contributed by atoms with E-state index in [2.05, 4.69) is 21.3 Å². The van der Waals surface area contributed by atoms with Crippen LogP contribution in [-0.2, 0) is 6.54 Å². The van der Waals surface area contributed by atoms with Crippen molar-refractivity contribution in [3.05, 3.63) is 24.0 Å². The quantitative estimate of drug-likeness (QED) is 0.720. The second-order valence-corrected chi connectivity index (χ2v) is 4.63. The molecular formula is C13H23N3. The molecule has 1 aromatic heterocycles. The number of hydrogen-bond donors (Lipinski definition) is 2. The van der Waals surface area contributed by atoms with Gasteiger partial charge in [-0.05, 0) is 57.6 Å². The van der Waals surface area contributed by atoms with Gasteiger partial charge in [-0.2, -0.15) is 0 Å². The summed E-state index contributed by atoms with van der Waals surface area (Å²) in [6.07, 6.45) is 7.47. The fourth-order valence-corrected chi connectivity index (χ4v) is 2.31. The fourth-order valence-electron chi connectivity index (χ4n) is 2.31. The number of rotatable bonds is 6. The molecule has 0 aliphatic carbocycles. The molecule has 2 heterocycles.